The molecule has 4 amide bonds. The molecule has 1 aromatic heterocycles. The van der Waals surface area contributed by atoms with E-state index in [9.17, 15) is 14.4 Å². The highest BCUT2D eigenvalue weighted by Gasteiger charge is 2.42. The average molecular weight is 373 g/mol. The minimum absolute atomic E-state index is 0.0285. The number of imidazole rings is 1. The Balaban J connectivity index is 1.59. The van der Waals surface area contributed by atoms with Gasteiger partial charge >= 0.3 is 6.03 Å². The van der Waals surface area contributed by atoms with E-state index >= 15 is 0 Å². The molecule has 0 radical (unpaired) electrons. The third-order valence-corrected chi connectivity index (χ3v) is 4.89. The molecule has 1 aliphatic heterocycles. The number of hydrogen-bond donors (Lipinski definition) is 1. The van der Waals surface area contributed by atoms with Gasteiger partial charge in [-0.1, -0.05) is 0 Å². The molecule has 1 N–H and O–H groups in total. The van der Waals surface area contributed by atoms with E-state index in [-0.39, 0.29) is 18.2 Å². The summed E-state index contributed by atoms with van der Waals surface area (Å²) in [5.41, 5.74) is 1.71. The number of benzene rings is 1. The zero-order chi connectivity index (χ0) is 19.7. The van der Waals surface area contributed by atoms with Crippen molar-refractivity contribution < 1.29 is 19.1 Å². The molecule has 0 unspecified atom stereocenters. The first-order chi connectivity index (χ1) is 12.8. The summed E-state index contributed by atoms with van der Waals surface area (Å²) in [7, 11) is 6.24. The topological polar surface area (TPSA) is 98.8 Å². The lowest BCUT2D eigenvalue weighted by molar-refractivity contribution is -0.135. The first kappa shape index (κ1) is 18.7. The molecule has 9 nitrogen and oxygen atoms in total. The molecule has 3 rings (SSSR count). The van der Waals surface area contributed by atoms with Gasteiger partial charge in [-0.2, -0.15) is 0 Å². The molecule has 2 aromatic rings. The van der Waals surface area contributed by atoms with E-state index in [0.29, 0.717) is 13.0 Å². The number of nitrogens with one attached hydrogen (secondary N) is 1. The fourth-order valence-electron chi connectivity index (χ4n) is 3.08. The molecule has 144 valence electrons. The van der Waals surface area contributed by atoms with Crippen LogP contribution in [0.2, 0.25) is 0 Å². The molecule has 1 saturated heterocycles. The average Bonchev–Trinajstić information content (AvgIpc) is 3.15. The largest absolute Gasteiger partial charge is 0.497 e. The summed E-state index contributed by atoms with van der Waals surface area (Å²) in [6, 6.07) is 4.46. The summed E-state index contributed by atoms with van der Waals surface area (Å²) >= 11 is 0. The number of fused-ring (bicyclic) bond motifs is 1. The summed E-state index contributed by atoms with van der Waals surface area (Å²) in [4.78, 5) is 48.0. The quantitative estimate of drug-likeness (QED) is 0.757. The second-order valence-electron chi connectivity index (χ2n) is 6.64. The zero-order valence-electron chi connectivity index (χ0n) is 15.9. The number of hydrogen-bond acceptors (Lipinski definition) is 5. The van der Waals surface area contributed by atoms with Crippen LogP contribution in [-0.4, -0.2) is 83.4 Å². The van der Waals surface area contributed by atoms with Gasteiger partial charge < -0.3 is 19.5 Å². The Bertz CT molecular complexity index is 893. The number of carbonyl (C=O) groups is 3. The number of carbonyl (C=O) groups excluding carboxylic acids is 3. The lowest BCUT2D eigenvalue weighted by atomic mass is 10.1. The maximum absolute atomic E-state index is 12.5. The predicted molar refractivity (Wildman–Crippen MR) is 98.3 cm³/mol. The summed E-state index contributed by atoms with van der Waals surface area (Å²) in [5.74, 6) is 0.966. The van der Waals surface area contributed by atoms with E-state index < -0.39 is 12.1 Å². The van der Waals surface area contributed by atoms with Crippen molar-refractivity contribution in [1.29, 1.82) is 0 Å². The van der Waals surface area contributed by atoms with Crippen molar-refractivity contribution in [3.05, 3.63) is 24.0 Å². The van der Waals surface area contributed by atoms with Crippen LogP contribution in [-0.2, 0) is 16.0 Å². The predicted octanol–water partition coefficient (Wildman–Crippen LogP) is 0.855. The van der Waals surface area contributed by atoms with E-state index in [1.165, 1.54) is 19.0 Å². The van der Waals surface area contributed by atoms with Gasteiger partial charge in [0.1, 0.15) is 17.6 Å². The Morgan fingerprint density at radius 1 is 1.33 bits per heavy atom. The van der Waals surface area contributed by atoms with E-state index in [1.54, 1.807) is 19.1 Å². The second-order valence-corrected chi connectivity index (χ2v) is 6.64. The zero-order valence-corrected chi connectivity index (χ0v) is 15.9. The molecule has 1 fully saturated rings. The van der Waals surface area contributed by atoms with Gasteiger partial charge in [-0.3, -0.25) is 14.5 Å². The van der Waals surface area contributed by atoms with Gasteiger partial charge in [-0.15, -0.1) is 0 Å². The number of nitrogens with zero attached hydrogens (tertiary/aromatic N) is 4. The molecule has 1 aromatic carbocycles. The Hall–Kier alpha value is -3.10. The Kier molecular flexibility index (Phi) is 5.02. The highest BCUT2D eigenvalue weighted by atomic mass is 16.5. The molecule has 0 bridgehead atoms. The SMILES string of the molecule is COc1ccc2nc(CCN(C)C(=O)C[C@H]3C(=O)N(C)C(=O)N3C)[nH]c2c1. The number of rotatable bonds is 6. The van der Waals surface area contributed by atoms with E-state index in [4.69, 9.17) is 4.74 Å². The monoisotopic (exact) mass is 373 g/mol. The van der Waals surface area contributed by atoms with Crippen LogP contribution >= 0.6 is 0 Å². The summed E-state index contributed by atoms with van der Waals surface area (Å²) < 4.78 is 5.20. The number of imide groups is 1. The van der Waals surface area contributed by atoms with Crippen LogP contribution in [0.25, 0.3) is 11.0 Å². The fourth-order valence-corrected chi connectivity index (χ4v) is 3.08. The van der Waals surface area contributed by atoms with Gasteiger partial charge in [0, 0.05) is 40.2 Å². The van der Waals surface area contributed by atoms with Crippen molar-refractivity contribution in [1.82, 2.24) is 24.7 Å². The smallest absolute Gasteiger partial charge is 0.326 e. The number of likely N-dealkylation sites (N-methyl/N-ethyl adjacent to an activating group) is 3. The van der Waals surface area contributed by atoms with E-state index in [1.807, 2.05) is 18.2 Å². The van der Waals surface area contributed by atoms with Crippen LogP contribution in [0.3, 0.4) is 0 Å². The summed E-state index contributed by atoms with van der Waals surface area (Å²) in [6.45, 7) is 0.449. The van der Waals surface area contributed by atoms with Crippen molar-refractivity contribution in [2.24, 2.45) is 0 Å². The number of amides is 4. The molecule has 1 aliphatic rings. The molecule has 0 spiro atoms. The van der Waals surface area contributed by atoms with Gasteiger partial charge in [-0.25, -0.2) is 9.78 Å². The third kappa shape index (κ3) is 3.57. The van der Waals surface area contributed by atoms with Gasteiger partial charge in [-0.05, 0) is 12.1 Å². The number of aromatic nitrogens is 2. The molecule has 0 saturated carbocycles. The fraction of sp³-hybridized carbons (Fsp3) is 0.444. The van der Waals surface area contributed by atoms with Crippen LogP contribution in [0.5, 0.6) is 5.75 Å². The minimum atomic E-state index is -0.740. The number of urea groups is 1. The van der Waals surface area contributed by atoms with Crippen LogP contribution < -0.4 is 4.74 Å². The van der Waals surface area contributed by atoms with Gasteiger partial charge in [0.25, 0.3) is 5.91 Å². The second kappa shape index (κ2) is 7.26. The van der Waals surface area contributed by atoms with Gasteiger partial charge in [0.2, 0.25) is 5.91 Å². The maximum Gasteiger partial charge on any atom is 0.326 e. The van der Waals surface area contributed by atoms with Gasteiger partial charge in [0.05, 0.1) is 24.6 Å². The van der Waals surface area contributed by atoms with Crippen LogP contribution in [0, 0.1) is 0 Å². The van der Waals surface area contributed by atoms with Crippen molar-refractivity contribution in [2.45, 2.75) is 18.9 Å². The molecule has 27 heavy (non-hydrogen) atoms. The molecular weight excluding hydrogens is 350 g/mol. The van der Waals surface area contributed by atoms with Gasteiger partial charge in [0.15, 0.2) is 0 Å². The van der Waals surface area contributed by atoms with Crippen LogP contribution in [0.1, 0.15) is 12.2 Å². The number of methoxy groups -OCH3 is 1. The highest BCUT2D eigenvalue weighted by molar-refractivity contribution is 6.05. The third-order valence-electron chi connectivity index (χ3n) is 4.89. The molecule has 1 atom stereocenters. The van der Waals surface area contributed by atoms with Crippen LogP contribution in [0.15, 0.2) is 18.2 Å². The first-order valence-corrected chi connectivity index (χ1v) is 8.62. The van der Waals surface area contributed by atoms with Crippen molar-refractivity contribution in [3.63, 3.8) is 0 Å². The Labute approximate surface area is 156 Å². The highest BCUT2D eigenvalue weighted by Crippen LogP contribution is 2.19. The lowest BCUT2D eigenvalue weighted by Crippen LogP contribution is -2.38. The van der Waals surface area contributed by atoms with Crippen LogP contribution in [0.4, 0.5) is 4.79 Å². The van der Waals surface area contributed by atoms with Crippen molar-refractivity contribution in [3.8, 4) is 5.75 Å². The molecule has 0 aliphatic carbocycles. The van der Waals surface area contributed by atoms with E-state index in [2.05, 4.69) is 9.97 Å². The molecule has 2 heterocycles. The molecular formula is C18H23N5O4. The summed E-state index contributed by atoms with van der Waals surface area (Å²) in [6.07, 6.45) is 0.520. The number of ether oxygens (including phenoxy) is 1. The normalized spacial score (nSPS) is 17.1. The van der Waals surface area contributed by atoms with Crippen molar-refractivity contribution in [2.75, 3.05) is 34.8 Å². The maximum atomic E-state index is 12.5. The lowest BCUT2D eigenvalue weighted by Gasteiger charge is -2.20. The minimum Gasteiger partial charge on any atom is -0.497 e. The standard InChI is InChI=1S/C18H23N5O4/c1-21(16(24)10-14-17(25)23(3)18(26)22(14)2)8-7-15-19-12-6-5-11(27-4)9-13(12)20-15/h5-6,9,14H,7-8,10H2,1-4H3,(H,19,20)/t14-/m0/s1. The van der Waals surface area contributed by atoms with E-state index in [0.717, 1.165) is 27.5 Å². The first-order valence-electron chi connectivity index (χ1n) is 8.62. The Morgan fingerprint density at radius 3 is 2.70 bits per heavy atom. The summed E-state index contributed by atoms with van der Waals surface area (Å²) in [5, 5.41) is 0. The number of H-pyrrole nitrogens is 1. The Morgan fingerprint density at radius 2 is 2.07 bits per heavy atom. The molecule has 9 heteroatoms. The number of aromatic amines is 1. The van der Waals surface area contributed by atoms with Crippen molar-refractivity contribution >= 4 is 28.9 Å².